The van der Waals surface area contributed by atoms with Crippen LogP contribution in [0.1, 0.15) is 5.56 Å². The molecule has 3 aromatic heterocycles. The Morgan fingerprint density at radius 1 is 0.970 bits per heavy atom. The summed E-state index contributed by atoms with van der Waals surface area (Å²) in [4.78, 5) is 10.6. The Labute approximate surface area is 185 Å². The minimum absolute atomic E-state index is 0.107. The molecule has 2 aromatic carbocycles. The van der Waals surface area contributed by atoms with Crippen molar-refractivity contribution in [3.8, 4) is 22.6 Å². The first-order valence-corrected chi connectivity index (χ1v) is 11.3. The second-order valence-corrected chi connectivity index (χ2v) is 9.19. The van der Waals surface area contributed by atoms with Crippen LogP contribution in [-0.4, -0.2) is 33.6 Å². The summed E-state index contributed by atoms with van der Waals surface area (Å²) in [6, 6.07) is 7.39. The van der Waals surface area contributed by atoms with E-state index in [0.717, 1.165) is 18.3 Å². The SMILES string of the molecule is O=S(=O)(Cc1ccc(F)c(-c2ccc3c(-c4ncc[nH]4)[nH]nc3c2F)c1F)c1cccnc1. The number of aromatic nitrogens is 5. The predicted octanol–water partition coefficient (Wildman–Crippen LogP) is 4.41. The Bertz CT molecular complexity index is 1580. The maximum Gasteiger partial charge on any atom is 0.184 e. The van der Waals surface area contributed by atoms with Gasteiger partial charge in [0.15, 0.2) is 21.5 Å². The quantitative estimate of drug-likeness (QED) is 0.397. The molecule has 33 heavy (non-hydrogen) atoms. The number of benzene rings is 2. The van der Waals surface area contributed by atoms with E-state index in [0.29, 0.717) is 16.9 Å². The van der Waals surface area contributed by atoms with E-state index >= 15 is 8.78 Å². The average molecular weight is 469 g/mol. The smallest absolute Gasteiger partial charge is 0.184 e. The summed E-state index contributed by atoms with van der Waals surface area (Å²) in [7, 11) is -3.96. The lowest BCUT2D eigenvalue weighted by Crippen LogP contribution is -2.08. The van der Waals surface area contributed by atoms with Crippen LogP contribution in [0, 0.1) is 17.5 Å². The number of pyridine rings is 1. The summed E-state index contributed by atoms with van der Waals surface area (Å²) < 4.78 is 70.6. The molecule has 0 aliphatic heterocycles. The van der Waals surface area contributed by atoms with E-state index in [1.54, 1.807) is 6.20 Å². The third kappa shape index (κ3) is 3.55. The molecule has 5 aromatic rings. The molecule has 0 atom stereocenters. The van der Waals surface area contributed by atoms with Gasteiger partial charge in [-0.25, -0.2) is 26.6 Å². The zero-order valence-electron chi connectivity index (χ0n) is 16.7. The number of fused-ring (bicyclic) bond motifs is 1. The highest BCUT2D eigenvalue weighted by atomic mass is 32.2. The highest BCUT2D eigenvalue weighted by Gasteiger charge is 2.25. The fraction of sp³-hybridized carbons (Fsp3) is 0.0455. The number of halogens is 3. The summed E-state index contributed by atoms with van der Waals surface area (Å²) in [6.45, 7) is 0. The van der Waals surface area contributed by atoms with Gasteiger partial charge in [0, 0.05) is 41.3 Å². The highest BCUT2D eigenvalue weighted by molar-refractivity contribution is 7.90. The lowest BCUT2D eigenvalue weighted by Gasteiger charge is -2.12. The summed E-state index contributed by atoms with van der Waals surface area (Å²) in [6.07, 6.45) is 5.64. The maximum absolute atomic E-state index is 15.3. The Kier molecular flexibility index (Phi) is 4.97. The summed E-state index contributed by atoms with van der Waals surface area (Å²) in [5.41, 5.74) is -1.07. The van der Waals surface area contributed by atoms with Crippen LogP contribution >= 0.6 is 0 Å². The van der Waals surface area contributed by atoms with E-state index in [1.165, 1.54) is 36.7 Å². The first kappa shape index (κ1) is 20.9. The van der Waals surface area contributed by atoms with Gasteiger partial charge < -0.3 is 4.98 Å². The minimum Gasteiger partial charge on any atom is -0.343 e. The molecule has 0 aliphatic rings. The van der Waals surface area contributed by atoms with E-state index in [2.05, 4.69) is 25.1 Å². The average Bonchev–Trinajstić information content (AvgIpc) is 3.48. The van der Waals surface area contributed by atoms with E-state index in [-0.39, 0.29) is 21.5 Å². The molecule has 0 aliphatic carbocycles. The van der Waals surface area contributed by atoms with Crippen LogP contribution in [0.3, 0.4) is 0 Å². The number of hydrogen-bond donors (Lipinski definition) is 2. The van der Waals surface area contributed by atoms with Gasteiger partial charge in [0.1, 0.15) is 22.8 Å². The standard InChI is InChI=1S/C22H14F3N5O2S/c23-16-6-3-12(11-33(31,32)13-2-1-7-26-10-13)18(24)17(16)14-4-5-15-20(19(14)25)29-30-21(15)22-27-8-9-28-22/h1-10H,11H2,(H,27,28)(H,29,30). The molecule has 166 valence electrons. The molecule has 0 radical (unpaired) electrons. The molecule has 0 saturated carbocycles. The van der Waals surface area contributed by atoms with Crippen LogP contribution in [0.4, 0.5) is 13.2 Å². The molecule has 5 rings (SSSR count). The molecule has 0 fully saturated rings. The number of hydrogen-bond acceptors (Lipinski definition) is 5. The van der Waals surface area contributed by atoms with Crippen LogP contribution < -0.4 is 0 Å². The number of aromatic amines is 2. The van der Waals surface area contributed by atoms with Gasteiger partial charge in [-0.1, -0.05) is 12.1 Å². The third-order valence-corrected chi connectivity index (χ3v) is 6.83. The fourth-order valence-electron chi connectivity index (χ4n) is 3.60. The maximum atomic E-state index is 15.3. The van der Waals surface area contributed by atoms with Gasteiger partial charge in [0.05, 0.1) is 16.2 Å². The van der Waals surface area contributed by atoms with Crippen LogP contribution in [0.5, 0.6) is 0 Å². The lowest BCUT2D eigenvalue weighted by molar-refractivity contribution is 0.570. The molecular weight excluding hydrogens is 455 g/mol. The normalized spacial score (nSPS) is 11.8. The molecule has 2 N–H and O–H groups in total. The van der Waals surface area contributed by atoms with Crippen LogP contribution in [-0.2, 0) is 15.6 Å². The molecule has 3 heterocycles. The van der Waals surface area contributed by atoms with Gasteiger partial charge in [-0.3, -0.25) is 10.1 Å². The van der Waals surface area contributed by atoms with Gasteiger partial charge >= 0.3 is 0 Å². The second kappa shape index (κ2) is 7.85. The van der Waals surface area contributed by atoms with Crippen molar-refractivity contribution >= 4 is 20.7 Å². The van der Waals surface area contributed by atoms with Gasteiger partial charge in [0.25, 0.3) is 0 Å². The number of sulfone groups is 1. The van der Waals surface area contributed by atoms with Crippen molar-refractivity contribution in [1.29, 1.82) is 0 Å². The molecular formula is C22H14F3N5O2S. The Morgan fingerprint density at radius 2 is 1.82 bits per heavy atom. The molecule has 0 bridgehead atoms. The van der Waals surface area contributed by atoms with Gasteiger partial charge in [-0.05, 0) is 24.3 Å². The molecule has 0 saturated heterocycles. The van der Waals surface area contributed by atoms with Gasteiger partial charge in [0.2, 0.25) is 0 Å². The Balaban J connectivity index is 1.61. The number of imidazole rings is 1. The van der Waals surface area contributed by atoms with E-state index in [4.69, 9.17) is 0 Å². The van der Waals surface area contributed by atoms with Crippen LogP contribution in [0.15, 0.2) is 66.1 Å². The Morgan fingerprint density at radius 3 is 2.55 bits per heavy atom. The van der Waals surface area contributed by atoms with Crippen molar-refractivity contribution in [2.75, 3.05) is 0 Å². The van der Waals surface area contributed by atoms with Crippen molar-refractivity contribution < 1.29 is 21.6 Å². The zero-order chi connectivity index (χ0) is 23.2. The van der Waals surface area contributed by atoms with Crippen LogP contribution in [0.2, 0.25) is 0 Å². The van der Waals surface area contributed by atoms with Crippen molar-refractivity contribution in [3.05, 3.63) is 84.2 Å². The molecule has 0 unspecified atom stereocenters. The second-order valence-electron chi connectivity index (χ2n) is 7.20. The summed E-state index contributed by atoms with van der Waals surface area (Å²) >= 11 is 0. The van der Waals surface area contributed by atoms with Crippen molar-refractivity contribution in [1.82, 2.24) is 25.1 Å². The molecule has 11 heteroatoms. The van der Waals surface area contributed by atoms with E-state index < -0.39 is 38.6 Å². The lowest BCUT2D eigenvalue weighted by atomic mass is 9.99. The van der Waals surface area contributed by atoms with E-state index in [1.807, 2.05) is 0 Å². The zero-order valence-corrected chi connectivity index (χ0v) is 17.5. The fourth-order valence-corrected chi connectivity index (χ4v) is 4.90. The van der Waals surface area contributed by atoms with Crippen molar-refractivity contribution in [3.63, 3.8) is 0 Å². The Hall–Kier alpha value is -3.99. The largest absolute Gasteiger partial charge is 0.343 e. The highest BCUT2D eigenvalue weighted by Crippen LogP contribution is 2.36. The third-order valence-electron chi connectivity index (χ3n) is 5.18. The molecule has 0 spiro atoms. The van der Waals surface area contributed by atoms with Gasteiger partial charge in [-0.2, -0.15) is 5.10 Å². The first-order valence-electron chi connectivity index (χ1n) is 9.63. The molecule has 0 amide bonds. The topological polar surface area (TPSA) is 104 Å². The number of nitrogens with one attached hydrogen (secondary N) is 2. The number of nitrogens with zero attached hydrogens (tertiary/aromatic N) is 3. The monoisotopic (exact) mass is 469 g/mol. The van der Waals surface area contributed by atoms with Crippen molar-refractivity contribution in [2.45, 2.75) is 10.6 Å². The minimum atomic E-state index is -3.96. The van der Waals surface area contributed by atoms with Gasteiger partial charge in [-0.15, -0.1) is 0 Å². The summed E-state index contributed by atoms with van der Waals surface area (Å²) in [5, 5.41) is 6.97. The first-order chi connectivity index (χ1) is 15.9. The number of rotatable bonds is 5. The van der Waals surface area contributed by atoms with Crippen molar-refractivity contribution in [2.24, 2.45) is 0 Å². The van der Waals surface area contributed by atoms with Crippen LogP contribution in [0.25, 0.3) is 33.5 Å². The molecule has 7 nitrogen and oxygen atoms in total. The van der Waals surface area contributed by atoms with E-state index in [9.17, 15) is 12.8 Å². The summed E-state index contributed by atoms with van der Waals surface area (Å²) in [5.74, 6) is -3.47. The number of H-pyrrole nitrogens is 2. The predicted molar refractivity (Wildman–Crippen MR) is 114 cm³/mol.